The number of ether oxygens (including phenoxy) is 5. The van der Waals surface area contributed by atoms with Crippen molar-refractivity contribution in [2.75, 3.05) is 66.7 Å². The van der Waals surface area contributed by atoms with Crippen molar-refractivity contribution in [1.29, 1.82) is 0 Å². The van der Waals surface area contributed by atoms with Crippen LogP contribution in [0.3, 0.4) is 0 Å². The fraction of sp³-hybridized carbons (Fsp3) is 0.444. The number of aliphatic hydroxyl groups excluding tert-OH is 1. The van der Waals surface area contributed by atoms with E-state index in [4.69, 9.17) is 41.4 Å². The van der Waals surface area contributed by atoms with Gasteiger partial charge in [-0.05, 0) is 43.5 Å². The number of nitrogen functional groups attached to an aromatic ring is 1. The number of hydrogen-bond acceptors (Lipinski definition) is 14. The lowest BCUT2D eigenvalue weighted by Gasteiger charge is -2.06. The van der Waals surface area contributed by atoms with E-state index in [-0.39, 0.29) is 35.6 Å². The third kappa shape index (κ3) is 17.0. The van der Waals surface area contributed by atoms with Crippen LogP contribution in [0.2, 0.25) is 5.15 Å². The fourth-order valence-corrected chi connectivity index (χ4v) is 2.86. The van der Waals surface area contributed by atoms with Crippen LogP contribution in [0.4, 0.5) is 17.1 Å². The van der Waals surface area contributed by atoms with E-state index in [9.17, 15) is 20.2 Å². The molecule has 17 heteroatoms. The van der Waals surface area contributed by atoms with Crippen molar-refractivity contribution in [3.05, 3.63) is 78.9 Å². The van der Waals surface area contributed by atoms with Crippen molar-refractivity contribution in [1.82, 2.24) is 15.0 Å². The molecule has 0 saturated heterocycles. The average Bonchev–Trinajstić information content (AvgIpc) is 2.97. The SMILES string of the molecule is COCCO.COCCOc1ncc(C)cc1N.COCCOc1ncc(C)cc1[N+](=O)[O-].Cc1cnc(Cl)c([N+](=O)[O-])c1. The molecule has 0 radical (unpaired) electrons. The molecule has 0 unspecified atom stereocenters. The normalized spacial score (nSPS) is 9.73. The molecule has 44 heavy (non-hydrogen) atoms. The highest BCUT2D eigenvalue weighted by Gasteiger charge is 2.16. The van der Waals surface area contributed by atoms with Gasteiger partial charge in [-0.25, -0.2) is 15.0 Å². The topological polar surface area (TPSA) is 217 Å². The number of nitro groups is 2. The molecule has 3 N–H and O–H groups in total. The molecule has 3 rings (SSSR count). The van der Waals surface area contributed by atoms with Crippen LogP contribution < -0.4 is 15.2 Å². The zero-order valence-corrected chi connectivity index (χ0v) is 26.3. The van der Waals surface area contributed by atoms with Crippen LogP contribution in [-0.2, 0) is 14.2 Å². The Morgan fingerprint density at radius 3 is 1.57 bits per heavy atom. The second kappa shape index (κ2) is 23.3. The highest BCUT2D eigenvalue weighted by Crippen LogP contribution is 2.24. The molecule has 0 spiro atoms. The molecule has 3 heterocycles. The largest absolute Gasteiger partial charge is 0.474 e. The Morgan fingerprint density at radius 2 is 1.16 bits per heavy atom. The first kappa shape index (κ1) is 39.8. The molecule has 3 aromatic rings. The summed E-state index contributed by atoms with van der Waals surface area (Å²) in [4.78, 5) is 31.4. The number of nitrogens with two attached hydrogens (primary N) is 1. The van der Waals surface area contributed by atoms with Gasteiger partial charge in [0, 0.05) is 52.1 Å². The van der Waals surface area contributed by atoms with Crippen LogP contribution in [0.1, 0.15) is 16.7 Å². The molecule has 0 fully saturated rings. The van der Waals surface area contributed by atoms with E-state index in [1.807, 2.05) is 13.0 Å². The van der Waals surface area contributed by atoms with Gasteiger partial charge in [-0.15, -0.1) is 0 Å². The zero-order valence-electron chi connectivity index (χ0n) is 25.5. The third-order valence-electron chi connectivity index (χ3n) is 4.68. The zero-order chi connectivity index (χ0) is 33.5. The second-order valence-corrected chi connectivity index (χ2v) is 8.84. The van der Waals surface area contributed by atoms with Crippen LogP contribution in [0.5, 0.6) is 11.8 Å². The molecule has 0 aliphatic rings. The van der Waals surface area contributed by atoms with Crippen molar-refractivity contribution >= 4 is 28.7 Å². The van der Waals surface area contributed by atoms with E-state index in [2.05, 4.69) is 19.7 Å². The Hall–Kier alpha value is -4.22. The van der Waals surface area contributed by atoms with Crippen LogP contribution in [0.25, 0.3) is 0 Å². The minimum atomic E-state index is -0.553. The number of rotatable bonds is 12. The number of aliphatic hydroxyl groups is 1. The summed E-state index contributed by atoms with van der Waals surface area (Å²) < 4.78 is 24.4. The van der Waals surface area contributed by atoms with Crippen LogP contribution in [0.15, 0.2) is 36.8 Å². The molecule has 244 valence electrons. The van der Waals surface area contributed by atoms with Gasteiger partial charge >= 0.3 is 11.4 Å². The Balaban J connectivity index is 0.000000590. The lowest BCUT2D eigenvalue weighted by Crippen LogP contribution is -2.07. The molecule has 0 aliphatic heterocycles. The maximum absolute atomic E-state index is 10.7. The standard InChI is InChI=1S/C9H12N2O4.C9H14N2O2.C6H5ClN2O2.C3H8O2/c1-7-5-8(11(12)13)9(10-6-7)15-4-3-14-2;1-7-5-8(10)9(11-6-7)13-4-3-12-2;1-4-2-5(9(10)11)6(7)8-3-4;1-5-3-2-4/h5-6H,3-4H2,1-2H3;5-6H,3-4,10H2,1-2H3;2-3H,1H3;4H,2-3H2,1H3. The number of aryl methyl sites for hydroxylation is 3. The number of anilines is 1. The molecule has 0 amide bonds. The third-order valence-corrected chi connectivity index (χ3v) is 4.97. The summed E-state index contributed by atoms with van der Waals surface area (Å²) in [6, 6.07) is 4.64. The summed E-state index contributed by atoms with van der Waals surface area (Å²) >= 11 is 5.44. The lowest BCUT2D eigenvalue weighted by atomic mass is 10.3. The van der Waals surface area contributed by atoms with E-state index < -0.39 is 9.85 Å². The molecule has 0 aromatic carbocycles. The first-order valence-electron chi connectivity index (χ1n) is 12.8. The highest BCUT2D eigenvalue weighted by atomic mass is 35.5. The van der Waals surface area contributed by atoms with E-state index in [1.165, 1.54) is 31.6 Å². The maximum atomic E-state index is 10.7. The summed E-state index contributed by atoms with van der Waals surface area (Å²) in [5.41, 5.74) is 8.45. The van der Waals surface area contributed by atoms with Gasteiger partial charge in [0.05, 0.1) is 42.0 Å². The van der Waals surface area contributed by atoms with Gasteiger partial charge in [0.15, 0.2) is 0 Å². The smallest absolute Gasteiger partial charge is 0.331 e. The fourth-order valence-electron chi connectivity index (χ4n) is 2.68. The first-order chi connectivity index (χ1) is 20.9. The highest BCUT2D eigenvalue weighted by molar-refractivity contribution is 6.31. The summed E-state index contributed by atoms with van der Waals surface area (Å²) in [7, 11) is 4.70. The molecular formula is C27H39ClN6O10. The van der Waals surface area contributed by atoms with Crippen molar-refractivity contribution in [3.63, 3.8) is 0 Å². The van der Waals surface area contributed by atoms with Gasteiger partial charge in [-0.2, -0.15) is 0 Å². The number of hydrogen-bond donors (Lipinski definition) is 2. The van der Waals surface area contributed by atoms with E-state index in [0.717, 1.165) is 16.7 Å². The predicted octanol–water partition coefficient (Wildman–Crippen LogP) is 3.90. The number of nitrogens with zero attached hydrogens (tertiary/aromatic N) is 5. The monoisotopic (exact) mass is 642 g/mol. The molecular weight excluding hydrogens is 604 g/mol. The predicted molar refractivity (Wildman–Crippen MR) is 163 cm³/mol. The van der Waals surface area contributed by atoms with Crippen LogP contribution >= 0.6 is 11.6 Å². The van der Waals surface area contributed by atoms with Crippen molar-refractivity contribution < 1.29 is 38.6 Å². The average molecular weight is 643 g/mol. The molecule has 16 nitrogen and oxygen atoms in total. The van der Waals surface area contributed by atoms with E-state index in [0.29, 0.717) is 38.0 Å². The van der Waals surface area contributed by atoms with E-state index >= 15 is 0 Å². The number of halogens is 1. The minimum Gasteiger partial charge on any atom is -0.474 e. The second-order valence-electron chi connectivity index (χ2n) is 8.48. The van der Waals surface area contributed by atoms with Crippen molar-refractivity contribution in [2.24, 2.45) is 0 Å². The lowest BCUT2D eigenvalue weighted by molar-refractivity contribution is -0.386. The minimum absolute atomic E-state index is 0.0302. The van der Waals surface area contributed by atoms with Gasteiger partial charge in [-0.1, -0.05) is 11.6 Å². The first-order valence-corrected chi connectivity index (χ1v) is 13.2. The van der Waals surface area contributed by atoms with Crippen LogP contribution in [-0.4, -0.2) is 90.9 Å². The Bertz CT molecular complexity index is 1280. The maximum Gasteiger partial charge on any atom is 0.331 e. The Kier molecular flexibility index (Phi) is 21.0. The summed E-state index contributed by atoms with van der Waals surface area (Å²) in [5, 5.41) is 28.8. The van der Waals surface area contributed by atoms with Gasteiger partial charge in [0.1, 0.15) is 13.2 Å². The van der Waals surface area contributed by atoms with Crippen molar-refractivity contribution in [3.8, 4) is 11.8 Å². The van der Waals surface area contributed by atoms with Gasteiger partial charge in [0.25, 0.3) is 5.88 Å². The van der Waals surface area contributed by atoms with Crippen molar-refractivity contribution in [2.45, 2.75) is 20.8 Å². The molecule has 0 bridgehead atoms. The molecule has 0 atom stereocenters. The Labute approximate surface area is 260 Å². The summed E-state index contributed by atoms with van der Waals surface area (Å²) in [6.45, 7) is 7.57. The van der Waals surface area contributed by atoms with E-state index in [1.54, 1.807) is 34.3 Å². The van der Waals surface area contributed by atoms with Crippen LogP contribution in [0, 0.1) is 41.0 Å². The van der Waals surface area contributed by atoms with Gasteiger partial charge < -0.3 is 34.5 Å². The number of pyridine rings is 3. The summed E-state index contributed by atoms with van der Waals surface area (Å²) in [5.74, 6) is 0.505. The number of methoxy groups -OCH3 is 3. The Morgan fingerprint density at radius 1 is 0.727 bits per heavy atom. The molecule has 3 aromatic heterocycles. The molecule has 0 aliphatic carbocycles. The quantitative estimate of drug-likeness (QED) is 0.124. The number of aromatic nitrogens is 3. The summed E-state index contributed by atoms with van der Waals surface area (Å²) in [6.07, 6.45) is 4.73. The van der Waals surface area contributed by atoms with Gasteiger partial charge in [-0.3, -0.25) is 20.2 Å². The molecule has 0 saturated carbocycles. The van der Waals surface area contributed by atoms with Gasteiger partial charge in [0.2, 0.25) is 11.0 Å².